The number of fused-ring (bicyclic) bond motifs is 1. The highest BCUT2D eigenvalue weighted by Crippen LogP contribution is 2.28. The molecule has 2 aromatic carbocycles. The maximum atomic E-state index is 13.3. The van der Waals surface area contributed by atoms with E-state index in [2.05, 4.69) is 21.3 Å². The fourth-order valence-corrected chi connectivity index (χ4v) is 5.40. The molecule has 0 spiro atoms. The van der Waals surface area contributed by atoms with E-state index in [1.165, 1.54) is 0 Å². The number of pyridine rings is 1. The van der Waals surface area contributed by atoms with E-state index in [0.29, 0.717) is 30.7 Å². The maximum absolute atomic E-state index is 13.3. The maximum Gasteiger partial charge on any atom is 0.256 e. The fraction of sp³-hybridized carbons (Fsp3) is 0.379. The Balaban J connectivity index is 1.26. The van der Waals surface area contributed by atoms with E-state index >= 15 is 0 Å². The molecule has 2 amide bonds. The molecule has 2 atom stereocenters. The summed E-state index contributed by atoms with van der Waals surface area (Å²) in [6.45, 7) is 3.12. The molecule has 5 rings (SSSR count). The summed E-state index contributed by atoms with van der Waals surface area (Å²) < 4.78 is 0. The third-order valence-corrected chi connectivity index (χ3v) is 7.32. The van der Waals surface area contributed by atoms with Crippen molar-refractivity contribution in [1.82, 2.24) is 19.7 Å². The summed E-state index contributed by atoms with van der Waals surface area (Å²) >= 11 is 0. The molecule has 0 unspecified atom stereocenters. The van der Waals surface area contributed by atoms with E-state index in [-0.39, 0.29) is 23.9 Å². The Hall–Kier alpha value is -3.96. The minimum absolute atomic E-state index is 0.0434. The normalized spacial score (nSPS) is 19.6. The minimum atomic E-state index is -0.282. The van der Waals surface area contributed by atoms with Crippen LogP contribution in [0.15, 0.2) is 60.8 Å². The molecule has 2 aliphatic heterocycles. The van der Waals surface area contributed by atoms with Gasteiger partial charge in [0.05, 0.1) is 23.7 Å². The lowest BCUT2D eigenvalue weighted by Crippen LogP contribution is -2.42. The topological polar surface area (TPSA) is 92.6 Å². The smallest absolute Gasteiger partial charge is 0.256 e. The lowest BCUT2D eigenvalue weighted by Gasteiger charge is -2.23. The SMILES string of the molecule is CN(Cc1ccccc1)C(=O)c1ccc(N[C@H]2CCN(CC(=O)N3CCC[C@H]3C#N)C2)c2cccnc12. The summed E-state index contributed by atoms with van der Waals surface area (Å²) in [6, 6.07) is 19.8. The Kier molecular flexibility index (Phi) is 7.33. The van der Waals surface area contributed by atoms with Gasteiger partial charge in [-0.1, -0.05) is 30.3 Å². The molecule has 8 heteroatoms. The molecule has 1 aromatic heterocycles. The third-order valence-electron chi connectivity index (χ3n) is 7.32. The third kappa shape index (κ3) is 5.42. The molecule has 2 fully saturated rings. The molecule has 190 valence electrons. The predicted octanol–water partition coefficient (Wildman–Crippen LogP) is 3.51. The molecule has 0 aliphatic carbocycles. The zero-order valence-corrected chi connectivity index (χ0v) is 21.1. The first-order valence-corrected chi connectivity index (χ1v) is 12.9. The average Bonchev–Trinajstić information content (AvgIpc) is 3.58. The van der Waals surface area contributed by atoms with Gasteiger partial charge in [0, 0.05) is 56.5 Å². The van der Waals surface area contributed by atoms with E-state index < -0.39 is 0 Å². The summed E-state index contributed by atoms with van der Waals surface area (Å²) in [4.78, 5) is 36.2. The minimum Gasteiger partial charge on any atom is -0.380 e. The molecule has 2 saturated heterocycles. The Bertz CT molecular complexity index is 1320. The predicted molar refractivity (Wildman–Crippen MR) is 143 cm³/mol. The number of nitriles is 1. The molecular formula is C29H32N6O2. The first-order chi connectivity index (χ1) is 18.0. The highest BCUT2D eigenvalue weighted by Gasteiger charge is 2.31. The summed E-state index contributed by atoms with van der Waals surface area (Å²) in [5.41, 5.74) is 3.27. The van der Waals surface area contributed by atoms with E-state index in [1.54, 1.807) is 16.0 Å². The van der Waals surface area contributed by atoms with Gasteiger partial charge in [0.2, 0.25) is 5.91 Å². The zero-order valence-electron chi connectivity index (χ0n) is 21.1. The molecule has 1 N–H and O–H groups in total. The van der Waals surface area contributed by atoms with Crippen LogP contribution < -0.4 is 5.32 Å². The Morgan fingerprint density at radius 3 is 2.76 bits per heavy atom. The van der Waals surface area contributed by atoms with Crippen LogP contribution in [0.3, 0.4) is 0 Å². The standard InChI is InChI=1S/C29H32N6O2/c1-33(18-21-7-3-2-4-8-21)29(37)25-11-12-26(24-10-5-14-31-28(24)25)32-22-13-16-34(19-22)20-27(36)35-15-6-9-23(35)17-30/h2-5,7-8,10-12,14,22-23,32H,6,9,13,15-16,18-20H2,1H3/t22-,23-/m0/s1. The highest BCUT2D eigenvalue weighted by molar-refractivity contribution is 6.08. The number of carbonyl (C=O) groups is 2. The number of likely N-dealkylation sites (tertiary alicyclic amines) is 2. The fourth-order valence-electron chi connectivity index (χ4n) is 5.40. The van der Waals surface area contributed by atoms with E-state index in [4.69, 9.17) is 0 Å². The van der Waals surface area contributed by atoms with Crippen LogP contribution in [0.1, 0.15) is 35.2 Å². The van der Waals surface area contributed by atoms with Crippen molar-refractivity contribution in [2.45, 2.75) is 37.9 Å². The van der Waals surface area contributed by atoms with Crippen LogP contribution >= 0.6 is 0 Å². The number of anilines is 1. The van der Waals surface area contributed by atoms with Crippen LogP contribution in [0.4, 0.5) is 5.69 Å². The first kappa shape index (κ1) is 24.7. The molecule has 0 bridgehead atoms. The van der Waals surface area contributed by atoms with Gasteiger partial charge in [0.25, 0.3) is 5.91 Å². The van der Waals surface area contributed by atoms with Crippen molar-refractivity contribution in [2.75, 3.05) is 38.5 Å². The van der Waals surface area contributed by atoms with Gasteiger partial charge in [-0.2, -0.15) is 5.26 Å². The number of nitrogens with zero attached hydrogens (tertiary/aromatic N) is 5. The molecule has 0 radical (unpaired) electrons. The molecule has 37 heavy (non-hydrogen) atoms. The van der Waals surface area contributed by atoms with Gasteiger partial charge in [-0.25, -0.2) is 0 Å². The number of hydrogen-bond acceptors (Lipinski definition) is 6. The number of carbonyl (C=O) groups excluding carboxylic acids is 2. The lowest BCUT2D eigenvalue weighted by molar-refractivity contribution is -0.132. The van der Waals surface area contributed by atoms with Crippen LogP contribution in [0.2, 0.25) is 0 Å². The Morgan fingerprint density at radius 2 is 1.95 bits per heavy atom. The van der Waals surface area contributed by atoms with Crippen molar-refractivity contribution in [1.29, 1.82) is 5.26 Å². The van der Waals surface area contributed by atoms with Crippen molar-refractivity contribution in [3.05, 3.63) is 71.9 Å². The highest BCUT2D eigenvalue weighted by atomic mass is 16.2. The second-order valence-corrected chi connectivity index (χ2v) is 9.95. The summed E-state index contributed by atoms with van der Waals surface area (Å²) in [5.74, 6) is -0.0240. The van der Waals surface area contributed by atoms with Gasteiger partial charge in [-0.15, -0.1) is 0 Å². The number of rotatable bonds is 7. The second kappa shape index (κ2) is 11.0. The Labute approximate surface area is 217 Å². The molecule has 8 nitrogen and oxygen atoms in total. The van der Waals surface area contributed by atoms with Crippen LogP contribution in [0, 0.1) is 11.3 Å². The van der Waals surface area contributed by atoms with Crippen molar-refractivity contribution >= 4 is 28.4 Å². The first-order valence-electron chi connectivity index (χ1n) is 12.9. The molecule has 2 aliphatic rings. The van der Waals surface area contributed by atoms with Gasteiger partial charge in [0.15, 0.2) is 0 Å². The largest absolute Gasteiger partial charge is 0.380 e. The lowest BCUT2D eigenvalue weighted by atomic mass is 10.1. The van der Waals surface area contributed by atoms with Crippen molar-refractivity contribution in [2.24, 2.45) is 0 Å². The van der Waals surface area contributed by atoms with Crippen LogP contribution in [-0.4, -0.2) is 76.8 Å². The van der Waals surface area contributed by atoms with Crippen molar-refractivity contribution < 1.29 is 9.59 Å². The number of amides is 2. The summed E-state index contributed by atoms with van der Waals surface area (Å²) in [5, 5.41) is 13.8. The van der Waals surface area contributed by atoms with Gasteiger partial charge in [-0.3, -0.25) is 19.5 Å². The number of benzene rings is 2. The molecule has 3 heterocycles. The van der Waals surface area contributed by atoms with E-state index in [9.17, 15) is 14.9 Å². The monoisotopic (exact) mass is 496 g/mol. The number of aromatic nitrogens is 1. The zero-order chi connectivity index (χ0) is 25.8. The molecule has 0 saturated carbocycles. The van der Waals surface area contributed by atoms with Crippen molar-refractivity contribution in [3.63, 3.8) is 0 Å². The molecule has 3 aromatic rings. The number of nitrogens with one attached hydrogen (secondary N) is 1. The second-order valence-electron chi connectivity index (χ2n) is 9.95. The summed E-state index contributed by atoms with van der Waals surface area (Å²) in [7, 11) is 1.81. The quantitative estimate of drug-likeness (QED) is 0.538. The Morgan fingerprint density at radius 1 is 1.11 bits per heavy atom. The van der Waals surface area contributed by atoms with Gasteiger partial charge in [0.1, 0.15) is 6.04 Å². The summed E-state index contributed by atoms with van der Waals surface area (Å²) in [6.07, 6.45) is 4.30. The van der Waals surface area contributed by atoms with Crippen LogP contribution in [-0.2, 0) is 11.3 Å². The van der Waals surface area contributed by atoms with Crippen LogP contribution in [0.5, 0.6) is 0 Å². The molecular weight excluding hydrogens is 464 g/mol. The van der Waals surface area contributed by atoms with Gasteiger partial charge < -0.3 is 15.1 Å². The van der Waals surface area contributed by atoms with Crippen molar-refractivity contribution in [3.8, 4) is 6.07 Å². The van der Waals surface area contributed by atoms with Gasteiger partial charge >= 0.3 is 0 Å². The van der Waals surface area contributed by atoms with Crippen LogP contribution in [0.25, 0.3) is 10.9 Å². The van der Waals surface area contributed by atoms with Gasteiger partial charge in [-0.05, 0) is 49.1 Å². The van der Waals surface area contributed by atoms with E-state index in [0.717, 1.165) is 49.0 Å². The number of hydrogen-bond donors (Lipinski definition) is 1. The van der Waals surface area contributed by atoms with E-state index in [1.807, 2.05) is 61.6 Å². The average molecular weight is 497 g/mol.